The molecule has 0 bridgehead atoms. The van der Waals surface area contributed by atoms with Crippen molar-refractivity contribution in [2.75, 3.05) is 21.3 Å². The Balaban J connectivity index is 0. The van der Waals surface area contributed by atoms with Crippen LogP contribution in [-0.2, 0) is 13.3 Å². The van der Waals surface area contributed by atoms with E-state index < -0.39 is 13.8 Å². The van der Waals surface area contributed by atoms with E-state index in [2.05, 4.69) is 11.2 Å². The zero-order valence-corrected chi connectivity index (χ0v) is 12.5. The molecule has 110 valence electrons. The van der Waals surface area contributed by atoms with Crippen LogP contribution in [0.5, 0.6) is 0 Å². The highest BCUT2D eigenvalue weighted by atomic mass is 28.4. The minimum absolute atomic E-state index is 0.0301. The molecule has 0 spiro atoms. The summed E-state index contributed by atoms with van der Waals surface area (Å²) in [5, 5.41) is 9.55. The Labute approximate surface area is 108 Å². The second kappa shape index (κ2) is 10.2. The average molecular weight is 285 g/mol. The fraction of sp³-hybridized carbons (Fsp3) is 1.00. The van der Waals surface area contributed by atoms with Gasteiger partial charge in [-0.2, -0.15) is 0 Å². The number of nitrogens with two attached hydrogens (primary N) is 2. The van der Waals surface area contributed by atoms with Crippen molar-refractivity contribution in [1.82, 2.24) is 5.32 Å². The summed E-state index contributed by atoms with van der Waals surface area (Å²) in [6, 6.07) is 0. The van der Waals surface area contributed by atoms with Gasteiger partial charge in [-0.15, -0.1) is 5.84 Å². The second-order valence-corrected chi connectivity index (χ2v) is 6.56. The van der Waals surface area contributed by atoms with Gasteiger partial charge in [0.25, 0.3) is 0 Å². The highest BCUT2D eigenvalue weighted by Crippen LogP contribution is 2.14. The van der Waals surface area contributed by atoms with Crippen molar-refractivity contribution >= 4 is 8.80 Å². The summed E-state index contributed by atoms with van der Waals surface area (Å²) in [4.78, 5) is 8.69. The number of rotatable bonds is 7. The van der Waals surface area contributed by atoms with Crippen LogP contribution in [0, 0.1) is 4.91 Å². The Morgan fingerprint density at radius 1 is 1.33 bits per heavy atom. The predicted molar refractivity (Wildman–Crippen MR) is 67.2 cm³/mol. The molecule has 9 nitrogen and oxygen atoms in total. The molecule has 6 N–H and O–H groups in total. The van der Waals surface area contributed by atoms with E-state index in [4.69, 9.17) is 29.1 Å². The predicted octanol–water partition coefficient (Wildman–Crippen LogP) is -0.895. The van der Waals surface area contributed by atoms with Crippen molar-refractivity contribution in [3.63, 3.8) is 0 Å². The van der Waals surface area contributed by atoms with Gasteiger partial charge in [-0.1, -0.05) is 6.92 Å². The van der Waals surface area contributed by atoms with Gasteiger partial charge in [0, 0.05) is 21.3 Å². The second-order valence-electron chi connectivity index (χ2n) is 3.43. The van der Waals surface area contributed by atoms with Crippen LogP contribution in [0.25, 0.3) is 0 Å². The molecule has 0 aliphatic rings. The molecule has 0 amide bonds. The summed E-state index contributed by atoms with van der Waals surface area (Å²) in [5.41, 5.74) is 5.70. The van der Waals surface area contributed by atoms with Crippen LogP contribution in [0.2, 0.25) is 0 Å². The Kier molecular flexibility index (Phi) is 11.0. The molecule has 0 rings (SSSR count). The van der Waals surface area contributed by atoms with Gasteiger partial charge >= 0.3 is 13.8 Å². The topological polar surface area (TPSA) is 132 Å². The molecule has 0 aliphatic heterocycles. The Hall–Kier alpha value is -0.783. The number of nitrogens with one attached hydrogen (secondary N) is 1. The first-order valence-corrected chi connectivity index (χ1v) is 7.17. The molecule has 0 aromatic heterocycles. The normalized spacial score (nSPS) is 14.3. The summed E-state index contributed by atoms with van der Waals surface area (Å²) in [5.74, 6) is 3.94. The van der Waals surface area contributed by atoms with Gasteiger partial charge in [0.1, 0.15) is 4.91 Å². The van der Waals surface area contributed by atoms with Crippen molar-refractivity contribution in [2.24, 2.45) is 11.6 Å². The standard InChI is InChI=1S/C8H22N2O3Si.H3N2O2/c1-6-8(10-7(2)9)14(11-3,12-4)13-5;1-2(3)4/h7-8,10H,6,9H2,1-5H3;1H2,(H,3,4)/q;+1. The van der Waals surface area contributed by atoms with Crippen LogP contribution in [0.1, 0.15) is 20.3 Å². The SMILES string of the molecule is CCC(NC(C)N)[Si](OC)(OC)OC.N[N+](=O)O. The summed E-state index contributed by atoms with van der Waals surface area (Å²) < 4.78 is 16.1. The molecular formula is C8H25N4O5Si+. The maximum Gasteiger partial charge on any atom is 0.518 e. The van der Waals surface area contributed by atoms with Gasteiger partial charge in [-0.25, -0.2) is 5.21 Å². The fourth-order valence-electron chi connectivity index (χ4n) is 1.46. The van der Waals surface area contributed by atoms with Crippen molar-refractivity contribution in [2.45, 2.75) is 32.1 Å². The molecule has 0 saturated heterocycles. The average Bonchev–Trinajstić information content (AvgIpc) is 2.29. The van der Waals surface area contributed by atoms with Gasteiger partial charge in [0.15, 0.2) is 0 Å². The molecular weight excluding hydrogens is 260 g/mol. The molecule has 2 atom stereocenters. The van der Waals surface area contributed by atoms with Gasteiger partial charge in [-0.3, -0.25) is 5.32 Å². The van der Waals surface area contributed by atoms with Gasteiger partial charge in [0.05, 0.1) is 11.8 Å². The lowest BCUT2D eigenvalue weighted by molar-refractivity contribution is -0.801. The largest absolute Gasteiger partial charge is 0.518 e. The van der Waals surface area contributed by atoms with Crippen LogP contribution in [-0.4, -0.2) is 52.2 Å². The summed E-state index contributed by atoms with van der Waals surface area (Å²) in [7, 11) is 2.21. The molecule has 0 heterocycles. The first-order valence-electron chi connectivity index (χ1n) is 5.37. The Bertz CT molecular complexity index is 215. The fourth-order valence-corrected chi connectivity index (χ4v) is 3.78. The molecule has 0 aromatic rings. The molecule has 10 heteroatoms. The van der Waals surface area contributed by atoms with E-state index >= 15 is 0 Å². The van der Waals surface area contributed by atoms with Gasteiger partial charge < -0.3 is 19.0 Å². The quantitative estimate of drug-likeness (QED) is 0.205. The third-order valence-electron chi connectivity index (χ3n) is 2.15. The number of hydrogen-bond donors (Lipinski definition) is 4. The number of nitrogens with zero attached hydrogens (tertiary/aromatic N) is 1. The third-order valence-corrected chi connectivity index (χ3v) is 5.29. The lowest BCUT2D eigenvalue weighted by Gasteiger charge is -2.33. The molecule has 0 fully saturated rings. The van der Waals surface area contributed by atoms with E-state index in [1.807, 2.05) is 13.8 Å². The van der Waals surface area contributed by atoms with E-state index in [9.17, 15) is 0 Å². The minimum Gasteiger partial charge on any atom is -0.376 e. The highest BCUT2D eigenvalue weighted by molar-refractivity contribution is 6.62. The van der Waals surface area contributed by atoms with E-state index in [0.29, 0.717) is 0 Å². The summed E-state index contributed by atoms with van der Waals surface area (Å²) >= 11 is 0. The van der Waals surface area contributed by atoms with E-state index in [-0.39, 0.29) is 11.8 Å². The van der Waals surface area contributed by atoms with Gasteiger partial charge in [0.2, 0.25) is 0 Å². The van der Waals surface area contributed by atoms with Crippen LogP contribution in [0.4, 0.5) is 0 Å². The minimum atomic E-state index is -2.60. The zero-order chi connectivity index (χ0) is 14.8. The first kappa shape index (κ1) is 19.6. The lowest BCUT2D eigenvalue weighted by atomic mass is 10.4. The van der Waals surface area contributed by atoms with Crippen molar-refractivity contribution in [3.05, 3.63) is 4.91 Å². The Morgan fingerprint density at radius 3 is 1.83 bits per heavy atom. The van der Waals surface area contributed by atoms with Crippen LogP contribution >= 0.6 is 0 Å². The summed E-state index contributed by atoms with van der Waals surface area (Å²) in [6.45, 7) is 3.92. The van der Waals surface area contributed by atoms with E-state index in [1.165, 1.54) is 0 Å². The highest BCUT2D eigenvalue weighted by Gasteiger charge is 2.46. The Morgan fingerprint density at radius 2 is 1.67 bits per heavy atom. The molecule has 0 saturated carbocycles. The molecule has 0 aromatic carbocycles. The third kappa shape index (κ3) is 7.52. The smallest absolute Gasteiger partial charge is 0.376 e. The first-order chi connectivity index (χ1) is 8.29. The van der Waals surface area contributed by atoms with Crippen molar-refractivity contribution < 1.29 is 23.5 Å². The maximum absolute atomic E-state index is 8.69. The lowest BCUT2D eigenvalue weighted by Crippen LogP contribution is -2.62. The monoisotopic (exact) mass is 285 g/mol. The van der Waals surface area contributed by atoms with Crippen molar-refractivity contribution in [3.8, 4) is 0 Å². The van der Waals surface area contributed by atoms with Crippen LogP contribution in [0.15, 0.2) is 0 Å². The zero-order valence-electron chi connectivity index (χ0n) is 11.5. The van der Waals surface area contributed by atoms with Crippen LogP contribution < -0.4 is 16.9 Å². The van der Waals surface area contributed by atoms with E-state index in [0.717, 1.165) is 6.42 Å². The maximum atomic E-state index is 8.69. The number of hydrazine groups is 1. The molecule has 18 heavy (non-hydrogen) atoms. The molecule has 2 unspecified atom stereocenters. The summed E-state index contributed by atoms with van der Waals surface area (Å²) in [6.07, 6.45) is 0.746. The van der Waals surface area contributed by atoms with Crippen molar-refractivity contribution in [1.29, 1.82) is 0 Å². The number of hydrogen-bond acceptors (Lipinski definition) is 6. The van der Waals surface area contributed by atoms with E-state index in [1.54, 1.807) is 21.3 Å². The van der Waals surface area contributed by atoms with Crippen LogP contribution in [0.3, 0.4) is 0 Å². The van der Waals surface area contributed by atoms with Gasteiger partial charge in [-0.05, 0) is 13.3 Å². The molecule has 0 radical (unpaired) electrons. The molecule has 0 aliphatic carbocycles.